The van der Waals surface area contributed by atoms with Crippen molar-refractivity contribution in [2.75, 3.05) is 7.11 Å². The second-order valence-electron chi connectivity index (χ2n) is 26.8. The van der Waals surface area contributed by atoms with Gasteiger partial charge in [-0.15, -0.1) is 0 Å². The van der Waals surface area contributed by atoms with Crippen LogP contribution in [0.2, 0.25) is 0 Å². The van der Waals surface area contributed by atoms with Gasteiger partial charge >= 0.3 is 18.0 Å². The summed E-state index contributed by atoms with van der Waals surface area (Å²) in [4.78, 5) is 68.1. The molecule has 0 aromatic carbocycles. The first-order chi connectivity index (χ1) is 41.8. The van der Waals surface area contributed by atoms with Crippen LogP contribution in [0, 0.1) is 46.1 Å². The molecular weight excluding hydrogens is 1160 g/mol. The summed E-state index contributed by atoms with van der Waals surface area (Å²) in [5, 5.41) is 82.8. The van der Waals surface area contributed by atoms with Gasteiger partial charge in [0.25, 0.3) is 0 Å². The molecule has 1 amide bonds. The Labute approximate surface area is 518 Å². The Kier molecular flexibility index (Phi) is 20.8. The molecule has 0 aromatic heterocycles. The van der Waals surface area contributed by atoms with Crippen LogP contribution in [0.15, 0.2) is 70.6 Å². The molecule has 5 heterocycles. The number of ether oxygens (including phenoxy) is 11. The van der Waals surface area contributed by atoms with Gasteiger partial charge in [-0.25, -0.2) is 20.0 Å². The van der Waals surface area contributed by atoms with Crippen LogP contribution in [-0.4, -0.2) is 189 Å². The molecule has 8 N–H and O–H groups in total. The molecule has 25 nitrogen and oxygen atoms in total. The minimum absolute atomic E-state index is 0.0201. The zero-order valence-corrected chi connectivity index (χ0v) is 53.0. The van der Waals surface area contributed by atoms with Crippen LogP contribution in [0.4, 0.5) is 4.79 Å². The first-order valence-electron chi connectivity index (χ1n) is 31.2. The van der Waals surface area contributed by atoms with Crippen LogP contribution < -0.4 is 10.5 Å². The molecule has 28 atom stereocenters. The maximum absolute atomic E-state index is 15.8. The lowest BCUT2D eigenvalue weighted by atomic mass is 9.49. The molecule has 5 aliphatic heterocycles. The third-order valence-electron chi connectivity index (χ3n) is 20.4. The number of hydrogen-bond donors (Lipinski definition) is 8. The number of fused-ring (bicyclic) bond motifs is 4. The Balaban J connectivity index is 1.05. The first kappa shape index (κ1) is 68.6. The fourth-order valence-electron chi connectivity index (χ4n) is 15.9. The van der Waals surface area contributed by atoms with Gasteiger partial charge in [-0.2, -0.15) is 0 Å². The molecule has 25 heteroatoms. The fraction of sp³-hybridized carbons (Fsp3) is 0.734. The number of quaternary nitrogens is 1. The smallest absolute Gasteiger partial charge is 0.407 e. The van der Waals surface area contributed by atoms with E-state index in [1.807, 2.05) is 32.1 Å². The lowest BCUT2D eigenvalue weighted by molar-refractivity contribution is -1.09. The summed E-state index contributed by atoms with van der Waals surface area (Å²) >= 11 is 0. The third kappa shape index (κ3) is 13.5. The van der Waals surface area contributed by atoms with Crippen molar-refractivity contribution in [3.8, 4) is 0 Å². The molecule has 1 unspecified atom stereocenters. The van der Waals surface area contributed by atoms with E-state index in [9.17, 15) is 55.1 Å². The average molecular weight is 1260 g/mol. The minimum atomic E-state index is -2.14. The minimum Gasteiger partial charge on any atom is -0.600 e. The molecule has 496 valence electrons. The van der Waals surface area contributed by atoms with E-state index in [4.69, 9.17) is 52.1 Å². The van der Waals surface area contributed by atoms with Gasteiger partial charge in [0.15, 0.2) is 48.2 Å². The lowest BCUT2D eigenvalue weighted by Crippen LogP contribution is -3.17. The Hall–Kier alpha value is -4.81. The van der Waals surface area contributed by atoms with E-state index < -0.39 is 191 Å². The summed E-state index contributed by atoms with van der Waals surface area (Å²) in [6.45, 7) is 20.3. The number of esters is 2. The highest BCUT2D eigenvalue weighted by Gasteiger charge is 2.65. The maximum atomic E-state index is 15.8. The SMILES string of the molecule is COC(=O)N[C@H]1[C@@H](C)O[C@@H](O[C@H]2C/C=C(/C)[C@@H]3C=C[C@@H]4[C@@H](O[C@H]5C[C@@H](O[C@H]6C[C@@H](O)[C@@H](O[C@@H]7C[C@@H](O)[C@@H](O)[C@H](C)O7)[C@H](C)O6)[C@@H](OC(C)=O)[C@H](C)O5)[C@@H](C)C[C@H](C)[C@H]4[C@]3(C)/C(O)=C3/C(=O)O[C@]4(CC(/C=C/C(C)=O)=C[C@H](O)[C@H]4/C=C\2C)C3=O)C[C@]1(C)[NH+]([O-])O. The van der Waals surface area contributed by atoms with E-state index in [1.165, 1.54) is 46.1 Å². The number of carbonyl (C=O) groups is 5. The van der Waals surface area contributed by atoms with Crippen LogP contribution in [0.3, 0.4) is 0 Å². The van der Waals surface area contributed by atoms with Gasteiger partial charge in [0, 0.05) is 49.9 Å². The lowest BCUT2D eigenvalue weighted by Gasteiger charge is -2.56. The van der Waals surface area contributed by atoms with Crippen molar-refractivity contribution in [3.05, 3.63) is 75.8 Å². The van der Waals surface area contributed by atoms with E-state index in [0.717, 1.165) is 5.57 Å². The van der Waals surface area contributed by atoms with Crippen molar-refractivity contribution in [3.63, 3.8) is 0 Å². The number of allylic oxidation sites excluding steroid dienone is 5. The maximum Gasteiger partial charge on any atom is 0.407 e. The van der Waals surface area contributed by atoms with E-state index in [-0.39, 0.29) is 56.1 Å². The number of carbonyl (C=O) groups excluding carboxylic acids is 5. The van der Waals surface area contributed by atoms with Crippen molar-refractivity contribution in [1.29, 1.82) is 0 Å². The van der Waals surface area contributed by atoms with Gasteiger partial charge in [0.05, 0.1) is 74.4 Å². The monoisotopic (exact) mass is 1260 g/mol. The molecule has 4 aliphatic carbocycles. The van der Waals surface area contributed by atoms with Crippen molar-refractivity contribution >= 4 is 29.6 Å². The van der Waals surface area contributed by atoms with E-state index in [1.54, 1.807) is 40.7 Å². The summed E-state index contributed by atoms with van der Waals surface area (Å²) in [5.74, 6) is -6.76. The number of methoxy groups -OCH3 is 1. The summed E-state index contributed by atoms with van der Waals surface area (Å²) in [5.41, 5.74) is -4.28. The highest BCUT2D eigenvalue weighted by molar-refractivity contribution is 6.26. The number of nitrogens with one attached hydrogen (secondary N) is 2. The predicted octanol–water partition coefficient (Wildman–Crippen LogP) is 3.86. The molecule has 0 aromatic rings. The van der Waals surface area contributed by atoms with Crippen LogP contribution in [-0.2, 0) is 71.3 Å². The Morgan fingerprint density at radius 2 is 1.39 bits per heavy atom. The quantitative estimate of drug-likeness (QED) is 0.0324. The topological polar surface area (TPSA) is 348 Å². The molecule has 0 radical (unpaired) electrons. The normalized spacial score (nSPS) is 47.6. The summed E-state index contributed by atoms with van der Waals surface area (Å²) < 4.78 is 68.6. The fourth-order valence-corrected chi connectivity index (χ4v) is 15.9. The van der Waals surface area contributed by atoms with Crippen LogP contribution >= 0.6 is 0 Å². The number of aliphatic hydroxyl groups excluding tert-OH is 5. The zero-order chi connectivity index (χ0) is 65.1. The number of ketones is 2. The van der Waals surface area contributed by atoms with Gasteiger partial charge in [0.2, 0.25) is 5.78 Å². The number of Topliss-reactive ketones (excluding diaryl/α,β-unsaturated/α-hetero) is 1. The largest absolute Gasteiger partial charge is 0.600 e. The molecule has 1 saturated carbocycles. The zero-order valence-electron chi connectivity index (χ0n) is 53.0. The standard InChI is InChI=1S/C64H92N2O23/c1-28-14-19-45(85-50-27-62(11,66(77)78)57(36(9)83-50)65-61(76)79-13)29(2)21-41-42(69)22-38(16-15-32(5)67)26-64(41)59(74)51(60(75)89-64)58(73)63(12)40(28)18-17-39-52(63)30(3)20-31(4)54(39)87-49-25-46(56(35(8)82-49)84-37(10)68)86-47-24-44(71)55(34(7)81-47)88-48-23-43(70)53(72)33(6)80-48/h14-18,21-22,30-31,33-36,39-50,52-57,66,69-73,77H,19-20,23-27H2,1-13H3,(H,65,76)/b16-15+,28-14-,29-21-,58-51-/t30-,31-,33-,34-,35-,36+,39-,40-,41+,42-,43+,44+,45-,46+,47-,48+,49-,50-,52+,53-,54-,55-,56-,57-,62-,63+,64-/m0/s1. The second kappa shape index (κ2) is 27.0. The molecule has 5 saturated heterocycles. The Morgan fingerprint density at radius 1 is 0.764 bits per heavy atom. The number of hydroxylamine groups is 2. The number of aliphatic hydroxyl groups is 5. The molecular formula is C64H92N2O23. The summed E-state index contributed by atoms with van der Waals surface area (Å²) in [6, 6.07) is -1.03. The number of alkyl carbamates (subject to hydrolysis) is 1. The Morgan fingerprint density at radius 3 is 2.03 bits per heavy atom. The van der Waals surface area contributed by atoms with Crippen LogP contribution in [0.1, 0.15) is 128 Å². The molecule has 1 spiro atoms. The molecule has 2 bridgehead atoms. The first-order valence-corrected chi connectivity index (χ1v) is 31.2. The number of amides is 1. The van der Waals surface area contributed by atoms with Crippen LogP contribution in [0.5, 0.6) is 0 Å². The van der Waals surface area contributed by atoms with Crippen molar-refractivity contribution in [2.24, 2.45) is 40.9 Å². The van der Waals surface area contributed by atoms with Crippen molar-refractivity contribution in [1.82, 2.24) is 5.32 Å². The second-order valence-corrected chi connectivity index (χ2v) is 26.8. The molecule has 9 rings (SSSR count). The van der Waals surface area contributed by atoms with Crippen LogP contribution in [0.25, 0.3) is 0 Å². The number of rotatable bonds is 13. The number of hydrogen-bond acceptors (Lipinski definition) is 23. The summed E-state index contributed by atoms with van der Waals surface area (Å²) in [6.07, 6.45) is -5.24. The van der Waals surface area contributed by atoms with Crippen molar-refractivity contribution < 1.29 is 112 Å². The molecule has 6 fully saturated rings. The van der Waals surface area contributed by atoms with Crippen molar-refractivity contribution in [2.45, 2.75) is 250 Å². The summed E-state index contributed by atoms with van der Waals surface area (Å²) in [7, 11) is 1.17. The van der Waals surface area contributed by atoms with Gasteiger partial charge in [-0.3, -0.25) is 14.4 Å². The van der Waals surface area contributed by atoms with Gasteiger partial charge in [0.1, 0.15) is 35.7 Å². The highest BCUT2D eigenvalue weighted by atomic mass is 16.8. The predicted molar refractivity (Wildman–Crippen MR) is 311 cm³/mol. The van der Waals surface area contributed by atoms with E-state index >= 15 is 4.79 Å². The third-order valence-corrected chi connectivity index (χ3v) is 20.4. The van der Waals surface area contributed by atoms with E-state index in [2.05, 4.69) is 19.2 Å². The molecule has 89 heavy (non-hydrogen) atoms. The average Bonchev–Trinajstić information content (AvgIpc) is 1.69. The highest BCUT2D eigenvalue weighted by Crippen LogP contribution is 2.61. The van der Waals surface area contributed by atoms with Gasteiger partial charge in [-0.1, -0.05) is 62.8 Å². The van der Waals surface area contributed by atoms with Gasteiger partial charge < -0.3 is 88.2 Å². The van der Waals surface area contributed by atoms with Gasteiger partial charge in [-0.05, 0) is 103 Å². The van der Waals surface area contributed by atoms with E-state index in [0.29, 0.717) is 17.6 Å². The Bertz CT molecular complexity index is 2830. The molecule has 9 aliphatic rings.